The number of rotatable bonds is 0. The number of nitrogens with zero attached hydrogens (tertiary/aromatic N) is 3. The molecular formula is C10H12N3O+. The maximum Gasteiger partial charge on any atom is 0.229 e. The van der Waals surface area contributed by atoms with E-state index in [0.29, 0.717) is 0 Å². The van der Waals surface area contributed by atoms with Crippen LogP contribution in [-0.2, 0) is 7.05 Å². The third kappa shape index (κ3) is 1.19. The summed E-state index contributed by atoms with van der Waals surface area (Å²) in [7, 11) is 1.92. The van der Waals surface area contributed by atoms with E-state index >= 15 is 0 Å². The van der Waals surface area contributed by atoms with Crippen molar-refractivity contribution in [3.8, 4) is 0 Å². The molecule has 2 heterocycles. The molecule has 0 aliphatic carbocycles. The first-order chi connectivity index (χ1) is 6.59. The first-order valence-corrected chi connectivity index (χ1v) is 4.45. The Balaban J connectivity index is 2.86. The molecule has 0 radical (unpaired) electrons. The summed E-state index contributed by atoms with van der Waals surface area (Å²) in [5, 5.41) is 0. The van der Waals surface area contributed by atoms with E-state index in [1.165, 1.54) is 0 Å². The highest BCUT2D eigenvalue weighted by Gasteiger charge is 2.12. The normalized spacial score (nSPS) is 10.8. The summed E-state index contributed by atoms with van der Waals surface area (Å²) in [5.74, 6) is 0.731. The third-order valence-corrected chi connectivity index (χ3v) is 2.22. The lowest BCUT2D eigenvalue weighted by molar-refractivity contribution is -0.670. The third-order valence-electron chi connectivity index (χ3n) is 2.22. The molecule has 2 aromatic heterocycles. The molecule has 0 bridgehead atoms. The van der Waals surface area contributed by atoms with Gasteiger partial charge in [0.2, 0.25) is 5.91 Å². The zero-order valence-electron chi connectivity index (χ0n) is 8.48. The molecule has 14 heavy (non-hydrogen) atoms. The van der Waals surface area contributed by atoms with E-state index in [-0.39, 0.29) is 5.91 Å². The van der Waals surface area contributed by atoms with Gasteiger partial charge in [-0.25, -0.2) is 9.55 Å². The monoisotopic (exact) mass is 190 g/mol. The van der Waals surface area contributed by atoms with Crippen LogP contribution in [0.5, 0.6) is 0 Å². The lowest BCUT2D eigenvalue weighted by Gasteiger charge is -1.97. The van der Waals surface area contributed by atoms with Gasteiger partial charge in [-0.05, 0) is 6.92 Å². The number of carbonyl (C=O) groups excluding carboxylic acids is 1. The average Bonchev–Trinajstić information content (AvgIpc) is 2.40. The second-order valence-corrected chi connectivity index (χ2v) is 3.39. The van der Waals surface area contributed by atoms with Gasteiger partial charge in [-0.15, -0.1) is 0 Å². The second kappa shape index (κ2) is 2.90. The molecule has 0 fully saturated rings. The molecule has 4 heteroatoms. The largest absolute Gasteiger partial charge is 0.274 e. The van der Waals surface area contributed by atoms with Gasteiger partial charge in [-0.1, -0.05) is 0 Å². The van der Waals surface area contributed by atoms with Gasteiger partial charge in [0.05, 0.1) is 0 Å². The van der Waals surface area contributed by atoms with Crippen molar-refractivity contribution >= 4 is 16.9 Å². The Labute approximate surface area is 81.8 Å². The highest BCUT2D eigenvalue weighted by Crippen LogP contribution is 2.12. The molecule has 2 rings (SSSR count). The van der Waals surface area contributed by atoms with Gasteiger partial charge < -0.3 is 0 Å². The van der Waals surface area contributed by atoms with Crippen LogP contribution in [0.4, 0.5) is 0 Å². The molecule has 0 spiro atoms. The number of hydrogen-bond acceptors (Lipinski definition) is 2. The molecule has 0 atom stereocenters. The van der Waals surface area contributed by atoms with Gasteiger partial charge in [-0.2, -0.15) is 0 Å². The van der Waals surface area contributed by atoms with Gasteiger partial charge >= 0.3 is 0 Å². The van der Waals surface area contributed by atoms with Crippen molar-refractivity contribution in [2.75, 3.05) is 0 Å². The minimum Gasteiger partial charge on any atom is -0.274 e. The average molecular weight is 190 g/mol. The molecular weight excluding hydrogens is 178 g/mol. The van der Waals surface area contributed by atoms with Crippen LogP contribution in [-0.4, -0.2) is 15.5 Å². The maximum atomic E-state index is 11.4. The summed E-state index contributed by atoms with van der Waals surface area (Å²) >= 11 is 0. The van der Waals surface area contributed by atoms with Crippen molar-refractivity contribution in [2.24, 2.45) is 7.05 Å². The fourth-order valence-electron chi connectivity index (χ4n) is 1.64. The van der Waals surface area contributed by atoms with Crippen LogP contribution < -0.4 is 4.57 Å². The molecule has 0 N–H and O–H groups in total. The topological polar surface area (TPSA) is 38.8 Å². The fourth-order valence-corrected chi connectivity index (χ4v) is 1.64. The Morgan fingerprint density at radius 1 is 1.57 bits per heavy atom. The zero-order valence-corrected chi connectivity index (χ0v) is 8.48. The molecule has 2 aromatic rings. The van der Waals surface area contributed by atoms with Crippen LogP contribution in [0.1, 0.15) is 17.5 Å². The highest BCUT2D eigenvalue weighted by atomic mass is 16.1. The van der Waals surface area contributed by atoms with Crippen molar-refractivity contribution in [2.45, 2.75) is 13.8 Å². The summed E-state index contributed by atoms with van der Waals surface area (Å²) in [5.41, 5.74) is 1.72. The first kappa shape index (κ1) is 8.87. The predicted molar refractivity (Wildman–Crippen MR) is 51.9 cm³/mol. The molecule has 0 aliphatic rings. The van der Waals surface area contributed by atoms with E-state index in [0.717, 1.165) is 16.9 Å². The Hall–Kier alpha value is -1.71. The lowest BCUT2D eigenvalue weighted by atomic mass is 10.4. The summed E-state index contributed by atoms with van der Waals surface area (Å²) in [6, 6.07) is 1.90. The number of aryl methyl sites for hydroxylation is 2. The Kier molecular flexibility index (Phi) is 1.84. The van der Waals surface area contributed by atoms with Gasteiger partial charge in [0.1, 0.15) is 23.9 Å². The standard InChI is InChI=1S/C10H12N3O/c1-7-11-9-4-5-12(3)6-10(9)13(7)8(2)14/h4-6H,1-3H3/q+1. The molecule has 0 unspecified atom stereocenters. The van der Waals surface area contributed by atoms with E-state index in [4.69, 9.17) is 0 Å². The molecule has 0 saturated carbocycles. The van der Waals surface area contributed by atoms with Gasteiger partial charge in [0.25, 0.3) is 0 Å². The quantitative estimate of drug-likeness (QED) is 0.577. The van der Waals surface area contributed by atoms with E-state index in [1.54, 1.807) is 11.5 Å². The summed E-state index contributed by atoms with van der Waals surface area (Å²) < 4.78 is 3.53. The minimum atomic E-state index is -0.00352. The molecule has 72 valence electrons. The van der Waals surface area contributed by atoms with Gasteiger partial charge in [0.15, 0.2) is 12.4 Å². The van der Waals surface area contributed by atoms with Crippen molar-refractivity contribution < 1.29 is 9.36 Å². The zero-order chi connectivity index (χ0) is 10.3. The van der Waals surface area contributed by atoms with Crippen LogP contribution in [0, 0.1) is 6.92 Å². The SMILES string of the molecule is CC(=O)n1c(C)nc2cc[n+](C)cc21. The van der Waals surface area contributed by atoms with Crippen LogP contribution in [0.25, 0.3) is 11.0 Å². The van der Waals surface area contributed by atoms with Gasteiger partial charge in [0, 0.05) is 13.0 Å². The Morgan fingerprint density at radius 2 is 2.29 bits per heavy atom. The molecule has 0 aromatic carbocycles. The summed E-state index contributed by atoms with van der Waals surface area (Å²) in [4.78, 5) is 15.7. The molecule has 4 nitrogen and oxygen atoms in total. The lowest BCUT2D eigenvalue weighted by Crippen LogP contribution is -2.26. The molecule has 0 saturated heterocycles. The fraction of sp³-hybridized carbons (Fsp3) is 0.300. The number of carbonyl (C=O) groups is 1. The van der Waals surface area contributed by atoms with Crippen LogP contribution in [0.15, 0.2) is 18.5 Å². The number of imidazole rings is 1. The van der Waals surface area contributed by atoms with E-state index in [9.17, 15) is 4.79 Å². The van der Waals surface area contributed by atoms with E-state index < -0.39 is 0 Å². The van der Waals surface area contributed by atoms with Gasteiger partial charge in [-0.3, -0.25) is 9.36 Å². The van der Waals surface area contributed by atoms with E-state index in [1.807, 2.05) is 37.0 Å². The number of pyridine rings is 1. The van der Waals surface area contributed by atoms with E-state index in [2.05, 4.69) is 4.98 Å². The van der Waals surface area contributed by atoms with Crippen LogP contribution in [0.3, 0.4) is 0 Å². The second-order valence-electron chi connectivity index (χ2n) is 3.39. The maximum absolute atomic E-state index is 11.4. The number of hydrogen-bond donors (Lipinski definition) is 0. The first-order valence-electron chi connectivity index (χ1n) is 4.45. The molecule has 0 amide bonds. The molecule has 0 aliphatic heterocycles. The minimum absolute atomic E-state index is 0.00352. The van der Waals surface area contributed by atoms with Crippen molar-refractivity contribution in [1.82, 2.24) is 9.55 Å². The van der Waals surface area contributed by atoms with Crippen LogP contribution >= 0.6 is 0 Å². The Bertz CT molecular complexity index is 513. The number of aromatic nitrogens is 3. The summed E-state index contributed by atoms with van der Waals surface area (Å²) in [6.07, 6.45) is 3.82. The predicted octanol–water partition coefficient (Wildman–Crippen LogP) is 0.829. The van der Waals surface area contributed by atoms with Crippen molar-refractivity contribution in [1.29, 1.82) is 0 Å². The van der Waals surface area contributed by atoms with Crippen LogP contribution in [0.2, 0.25) is 0 Å². The van der Waals surface area contributed by atoms with Crippen molar-refractivity contribution in [3.05, 3.63) is 24.3 Å². The smallest absolute Gasteiger partial charge is 0.229 e. The highest BCUT2D eigenvalue weighted by molar-refractivity contribution is 5.88. The number of fused-ring (bicyclic) bond motifs is 1. The Morgan fingerprint density at radius 3 is 2.93 bits per heavy atom. The van der Waals surface area contributed by atoms with Crippen molar-refractivity contribution in [3.63, 3.8) is 0 Å². The summed E-state index contributed by atoms with van der Waals surface area (Å²) in [6.45, 7) is 3.38.